The number of hydrogen-bond acceptors (Lipinski definition) is 6. The van der Waals surface area contributed by atoms with Crippen LogP contribution in [0.2, 0.25) is 5.02 Å². The number of nitrogens with zero attached hydrogens (tertiary/aromatic N) is 2. The summed E-state index contributed by atoms with van der Waals surface area (Å²) in [5, 5.41) is 11.2. The van der Waals surface area contributed by atoms with Gasteiger partial charge < -0.3 is 19.6 Å². The van der Waals surface area contributed by atoms with E-state index in [9.17, 15) is 18.3 Å². The van der Waals surface area contributed by atoms with Gasteiger partial charge in [-0.05, 0) is 60.9 Å². The van der Waals surface area contributed by atoms with Crippen molar-refractivity contribution in [2.75, 3.05) is 30.9 Å². The fourth-order valence-electron chi connectivity index (χ4n) is 3.95. The average Bonchev–Trinajstić information content (AvgIpc) is 3.57. The summed E-state index contributed by atoms with van der Waals surface area (Å²) in [5.74, 6) is 0.603. The quantitative estimate of drug-likeness (QED) is 0.658. The Morgan fingerprint density at radius 3 is 2.56 bits per heavy atom. The number of ether oxygens (including phenoxy) is 1. The van der Waals surface area contributed by atoms with Gasteiger partial charge in [-0.3, -0.25) is 4.79 Å². The zero-order chi connectivity index (χ0) is 22.9. The first-order valence-electron chi connectivity index (χ1n) is 10.6. The van der Waals surface area contributed by atoms with Crippen LogP contribution in [-0.4, -0.2) is 62.4 Å². The van der Waals surface area contributed by atoms with Gasteiger partial charge in [0, 0.05) is 49.1 Å². The highest BCUT2D eigenvalue weighted by molar-refractivity contribution is 7.90. The minimum Gasteiger partial charge on any atom is -0.491 e. The van der Waals surface area contributed by atoms with Gasteiger partial charge in [-0.25, -0.2) is 8.42 Å². The second-order valence-electron chi connectivity index (χ2n) is 8.43. The number of β-amino-alcohol motifs (C(OH)–C–C–N with tert-alkyl or cyclic N) is 1. The van der Waals surface area contributed by atoms with Crippen LogP contribution in [0.5, 0.6) is 5.75 Å². The van der Waals surface area contributed by atoms with Crippen LogP contribution < -0.4 is 9.64 Å². The first-order chi connectivity index (χ1) is 15.2. The first kappa shape index (κ1) is 22.9. The third kappa shape index (κ3) is 5.54. The number of carbonyl (C=O) groups excluding carboxylic acids is 1. The third-order valence-corrected chi connectivity index (χ3v) is 7.12. The number of sulfone groups is 1. The molecule has 1 atom stereocenters. The van der Waals surface area contributed by atoms with Crippen LogP contribution in [0.3, 0.4) is 0 Å². The van der Waals surface area contributed by atoms with Gasteiger partial charge in [0.2, 0.25) is 5.91 Å². The van der Waals surface area contributed by atoms with E-state index in [0.29, 0.717) is 42.9 Å². The predicted molar refractivity (Wildman–Crippen MR) is 123 cm³/mol. The molecule has 0 unspecified atom stereocenters. The topological polar surface area (TPSA) is 87.1 Å². The molecule has 0 bridgehead atoms. The number of carbonyl (C=O) groups is 1. The lowest BCUT2D eigenvalue weighted by atomic mass is 10.1. The normalized spacial score (nSPS) is 18.0. The van der Waals surface area contributed by atoms with Gasteiger partial charge in [-0.2, -0.15) is 0 Å². The Bertz CT molecular complexity index is 1090. The molecule has 0 spiro atoms. The molecule has 2 aliphatic rings. The largest absolute Gasteiger partial charge is 0.491 e. The average molecular weight is 479 g/mol. The predicted octanol–water partition coefficient (Wildman–Crippen LogP) is 2.88. The molecule has 1 heterocycles. The number of anilines is 1. The van der Waals surface area contributed by atoms with E-state index >= 15 is 0 Å². The van der Waals surface area contributed by atoms with E-state index in [1.165, 1.54) is 12.1 Å². The van der Waals surface area contributed by atoms with Crippen LogP contribution in [0, 0.1) is 0 Å². The zero-order valence-corrected chi connectivity index (χ0v) is 19.5. The Balaban J connectivity index is 1.43. The Labute approximate surface area is 193 Å². The fraction of sp³-hybridized carbons (Fsp3) is 0.435. The Morgan fingerprint density at radius 2 is 1.91 bits per heavy atom. The van der Waals surface area contributed by atoms with E-state index in [1.54, 1.807) is 12.1 Å². The lowest BCUT2D eigenvalue weighted by Gasteiger charge is -2.34. The van der Waals surface area contributed by atoms with Gasteiger partial charge in [0.25, 0.3) is 0 Å². The highest BCUT2D eigenvalue weighted by Crippen LogP contribution is 2.34. The molecule has 0 saturated heterocycles. The maximum absolute atomic E-state index is 12.7. The summed E-state index contributed by atoms with van der Waals surface area (Å²) in [6, 6.07) is 12.1. The minimum absolute atomic E-state index is 0.0415. The van der Waals surface area contributed by atoms with E-state index < -0.39 is 15.9 Å². The standard InChI is InChI=1S/C23H27ClN2O5S/c1-32(29,30)21-7-5-20(6-8-21)31-15-19(27)14-25-11-10-23(28)26(18-3-4-18)13-16-12-17(24)2-9-22(16)25/h2,5-9,12,18-19,27H,3-4,10-11,13-15H2,1H3/t19-/m1/s1. The number of fused-ring (bicyclic) bond motifs is 1. The molecule has 1 aliphatic carbocycles. The van der Waals surface area contributed by atoms with Crippen molar-refractivity contribution in [3.05, 3.63) is 53.1 Å². The molecule has 1 amide bonds. The van der Waals surface area contributed by atoms with Crippen LogP contribution in [0.4, 0.5) is 5.69 Å². The van der Waals surface area contributed by atoms with Crippen LogP contribution >= 0.6 is 11.6 Å². The van der Waals surface area contributed by atoms with E-state index in [2.05, 4.69) is 0 Å². The third-order valence-electron chi connectivity index (χ3n) is 5.75. The molecular weight excluding hydrogens is 452 g/mol. The smallest absolute Gasteiger partial charge is 0.224 e. The number of aliphatic hydroxyl groups is 1. The van der Waals surface area contributed by atoms with Crippen LogP contribution in [-0.2, 0) is 21.2 Å². The molecule has 9 heteroatoms. The van der Waals surface area contributed by atoms with Gasteiger partial charge in [0.05, 0.1) is 4.90 Å². The van der Waals surface area contributed by atoms with Crippen LogP contribution in [0.1, 0.15) is 24.8 Å². The van der Waals surface area contributed by atoms with Crippen molar-refractivity contribution in [2.24, 2.45) is 0 Å². The molecule has 4 rings (SSSR count). The van der Waals surface area contributed by atoms with Crippen molar-refractivity contribution in [1.29, 1.82) is 0 Å². The Kier molecular flexibility index (Phi) is 6.65. The van der Waals surface area contributed by atoms with Gasteiger partial charge >= 0.3 is 0 Å². The zero-order valence-electron chi connectivity index (χ0n) is 17.9. The Morgan fingerprint density at radius 1 is 1.19 bits per heavy atom. The highest BCUT2D eigenvalue weighted by Gasteiger charge is 2.34. The monoisotopic (exact) mass is 478 g/mol. The maximum Gasteiger partial charge on any atom is 0.224 e. The number of aliphatic hydroxyl groups excluding tert-OH is 1. The summed E-state index contributed by atoms with van der Waals surface area (Å²) in [5.41, 5.74) is 1.94. The summed E-state index contributed by atoms with van der Waals surface area (Å²) < 4.78 is 28.8. The molecule has 0 aromatic heterocycles. The fourth-order valence-corrected chi connectivity index (χ4v) is 4.77. The lowest BCUT2D eigenvalue weighted by molar-refractivity contribution is -0.132. The van der Waals surface area contributed by atoms with Gasteiger partial charge in [-0.1, -0.05) is 11.6 Å². The molecule has 1 aliphatic heterocycles. The van der Waals surface area contributed by atoms with Gasteiger partial charge in [0.1, 0.15) is 18.5 Å². The molecule has 2 aromatic carbocycles. The number of rotatable bonds is 7. The molecular formula is C23H27ClN2O5S. The van der Waals surface area contributed by atoms with Crippen LogP contribution in [0.15, 0.2) is 47.4 Å². The van der Waals surface area contributed by atoms with Gasteiger partial charge in [-0.15, -0.1) is 0 Å². The summed E-state index contributed by atoms with van der Waals surface area (Å²) in [4.78, 5) is 16.9. The maximum atomic E-state index is 12.7. The molecule has 32 heavy (non-hydrogen) atoms. The van der Waals surface area contributed by atoms with Crippen molar-refractivity contribution in [2.45, 2.75) is 42.8 Å². The number of amides is 1. The van der Waals surface area contributed by atoms with Crippen molar-refractivity contribution in [1.82, 2.24) is 4.90 Å². The van der Waals surface area contributed by atoms with Gasteiger partial charge in [0.15, 0.2) is 9.84 Å². The number of halogens is 1. The molecule has 1 N–H and O–H groups in total. The SMILES string of the molecule is CS(=O)(=O)c1ccc(OC[C@H](O)CN2CCC(=O)N(C3CC3)Cc3cc(Cl)ccc32)cc1. The number of benzene rings is 2. The second-order valence-corrected chi connectivity index (χ2v) is 10.9. The first-order valence-corrected chi connectivity index (χ1v) is 12.9. The molecule has 2 aromatic rings. The van der Waals surface area contributed by atoms with Crippen molar-refractivity contribution < 1.29 is 23.1 Å². The minimum atomic E-state index is -3.27. The highest BCUT2D eigenvalue weighted by atomic mass is 35.5. The number of hydrogen-bond donors (Lipinski definition) is 1. The van der Waals surface area contributed by atoms with Crippen LogP contribution in [0.25, 0.3) is 0 Å². The summed E-state index contributed by atoms with van der Waals surface area (Å²) >= 11 is 6.23. The summed E-state index contributed by atoms with van der Waals surface area (Å²) in [6.07, 6.45) is 2.83. The van der Waals surface area contributed by atoms with Crippen molar-refractivity contribution >= 4 is 33.0 Å². The summed E-state index contributed by atoms with van der Waals surface area (Å²) in [6.45, 7) is 1.36. The molecule has 172 valence electrons. The van der Waals surface area contributed by atoms with E-state index in [4.69, 9.17) is 16.3 Å². The van der Waals surface area contributed by atoms with E-state index in [1.807, 2.05) is 28.0 Å². The second kappa shape index (κ2) is 9.29. The molecule has 0 radical (unpaired) electrons. The van der Waals surface area contributed by atoms with Crippen molar-refractivity contribution in [3.63, 3.8) is 0 Å². The van der Waals surface area contributed by atoms with Crippen molar-refractivity contribution in [3.8, 4) is 5.75 Å². The molecule has 1 fully saturated rings. The molecule has 1 saturated carbocycles. The lowest BCUT2D eigenvalue weighted by Crippen LogP contribution is -2.42. The van der Waals surface area contributed by atoms with E-state index in [-0.39, 0.29) is 17.4 Å². The Hall–Kier alpha value is -2.29. The van der Waals surface area contributed by atoms with E-state index in [0.717, 1.165) is 30.3 Å². The summed E-state index contributed by atoms with van der Waals surface area (Å²) in [7, 11) is -3.27. The molecule has 7 nitrogen and oxygen atoms in total.